The maximum absolute atomic E-state index is 5.77. The number of anilines is 1. The minimum atomic E-state index is 0.0587. The molecule has 78 valence electrons. The molecule has 0 aliphatic heterocycles. The van der Waals surface area contributed by atoms with Crippen molar-refractivity contribution in [3.63, 3.8) is 0 Å². The summed E-state index contributed by atoms with van der Waals surface area (Å²) in [4.78, 5) is 8.00. The first-order valence-electron chi connectivity index (χ1n) is 4.26. The second-order valence-electron chi connectivity index (χ2n) is 2.89. The molecule has 1 aromatic rings. The van der Waals surface area contributed by atoms with Crippen molar-refractivity contribution in [1.82, 2.24) is 15.4 Å². The third-order valence-electron chi connectivity index (χ3n) is 1.26. The molecule has 1 aromatic heterocycles. The van der Waals surface area contributed by atoms with Gasteiger partial charge < -0.3 is 4.74 Å². The van der Waals surface area contributed by atoms with Gasteiger partial charge in [-0.05, 0) is 13.8 Å². The molecule has 5 nitrogen and oxygen atoms in total. The van der Waals surface area contributed by atoms with Gasteiger partial charge in [-0.25, -0.2) is 5.43 Å². The summed E-state index contributed by atoms with van der Waals surface area (Å²) >= 11 is 5.77. The fraction of sp³-hybridized carbons (Fsp3) is 0.500. The Kier molecular flexibility index (Phi) is 3.91. The molecular weight excluding hydrogens is 204 g/mol. The molecule has 0 amide bonds. The number of hydrazine groups is 1. The van der Waals surface area contributed by atoms with Gasteiger partial charge >= 0.3 is 0 Å². The third kappa shape index (κ3) is 3.35. The predicted molar refractivity (Wildman–Crippen MR) is 55.5 cm³/mol. The molecule has 0 aliphatic carbocycles. The lowest BCUT2D eigenvalue weighted by Crippen LogP contribution is -2.18. The number of hydrogen-bond acceptors (Lipinski definition) is 5. The Morgan fingerprint density at radius 1 is 1.43 bits per heavy atom. The zero-order valence-corrected chi connectivity index (χ0v) is 9.09. The summed E-state index contributed by atoms with van der Waals surface area (Å²) in [6, 6.07) is 1.57. The molecule has 0 unspecified atom stereocenters. The summed E-state index contributed by atoms with van der Waals surface area (Å²) in [7, 11) is 1.72. The average molecular weight is 217 g/mol. The average Bonchev–Trinajstić information content (AvgIpc) is 2.01. The van der Waals surface area contributed by atoms with Crippen LogP contribution in [0.3, 0.4) is 0 Å². The molecule has 0 saturated carbocycles. The van der Waals surface area contributed by atoms with Gasteiger partial charge in [0.1, 0.15) is 5.15 Å². The Hall–Kier alpha value is -1.07. The normalized spacial score (nSPS) is 10.4. The highest BCUT2D eigenvalue weighted by Crippen LogP contribution is 2.16. The van der Waals surface area contributed by atoms with E-state index in [4.69, 9.17) is 16.3 Å². The van der Waals surface area contributed by atoms with E-state index in [9.17, 15) is 0 Å². The molecule has 0 radical (unpaired) electrons. The van der Waals surface area contributed by atoms with Crippen molar-refractivity contribution in [3.05, 3.63) is 11.2 Å². The summed E-state index contributed by atoms with van der Waals surface area (Å²) < 4.78 is 5.38. The maximum atomic E-state index is 5.77. The van der Waals surface area contributed by atoms with Gasteiger partial charge in [0.05, 0.1) is 6.10 Å². The van der Waals surface area contributed by atoms with Crippen molar-refractivity contribution in [2.24, 2.45) is 0 Å². The summed E-state index contributed by atoms with van der Waals surface area (Å²) in [5.41, 5.74) is 5.43. The molecule has 0 spiro atoms. The first kappa shape index (κ1) is 11.0. The Labute approximate surface area is 87.8 Å². The number of rotatable bonds is 4. The molecule has 0 saturated heterocycles. The van der Waals surface area contributed by atoms with Gasteiger partial charge in [-0.15, -0.1) is 0 Å². The third-order valence-corrected chi connectivity index (χ3v) is 1.46. The van der Waals surface area contributed by atoms with Crippen LogP contribution in [-0.4, -0.2) is 23.1 Å². The number of nitrogens with one attached hydrogen (secondary N) is 2. The van der Waals surface area contributed by atoms with E-state index in [2.05, 4.69) is 20.8 Å². The van der Waals surface area contributed by atoms with Gasteiger partial charge in [-0.1, -0.05) is 11.6 Å². The van der Waals surface area contributed by atoms with Gasteiger partial charge in [-0.3, -0.25) is 5.43 Å². The van der Waals surface area contributed by atoms with Crippen molar-refractivity contribution in [2.75, 3.05) is 12.5 Å². The molecule has 0 aliphatic rings. The van der Waals surface area contributed by atoms with Crippen LogP contribution >= 0.6 is 11.6 Å². The molecule has 0 bridgehead atoms. The standard InChI is InChI=1S/C8H13ClN4O/c1-5(2)14-7-4-6(9)11-8(12-7)13-10-3/h4-5,10H,1-3H3,(H,11,12,13). The SMILES string of the molecule is CNNc1nc(Cl)cc(OC(C)C)n1. The van der Waals surface area contributed by atoms with Crippen LogP contribution in [-0.2, 0) is 0 Å². The molecule has 2 N–H and O–H groups in total. The van der Waals surface area contributed by atoms with Gasteiger partial charge in [0.25, 0.3) is 0 Å². The molecule has 1 rings (SSSR count). The Balaban J connectivity index is 2.83. The highest BCUT2D eigenvalue weighted by atomic mass is 35.5. The number of aromatic nitrogens is 2. The zero-order valence-electron chi connectivity index (χ0n) is 8.34. The van der Waals surface area contributed by atoms with Crippen molar-refractivity contribution in [3.8, 4) is 5.88 Å². The van der Waals surface area contributed by atoms with Gasteiger partial charge in [0, 0.05) is 13.1 Å². The lowest BCUT2D eigenvalue weighted by Gasteiger charge is -2.10. The fourth-order valence-corrected chi connectivity index (χ4v) is 1.04. The van der Waals surface area contributed by atoms with E-state index in [1.54, 1.807) is 13.1 Å². The Morgan fingerprint density at radius 2 is 2.14 bits per heavy atom. The summed E-state index contributed by atoms with van der Waals surface area (Å²) in [5, 5.41) is 0.341. The molecule has 14 heavy (non-hydrogen) atoms. The van der Waals surface area contributed by atoms with Crippen molar-refractivity contribution >= 4 is 17.5 Å². The Morgan fingerprint density at radius 3 is 2.71 bits per heavy atom. The van der Waals surface area contributed by atoms with E-state index in [-0.39, 0.29) is 6.10 Å². The monoisotopic (exact) mass is 216 g/mol. The van der Waals surface area contributed by atoms with Crippen LogP contribution in [0.5, 0.6) is 5.88 Å². The van der Waals surface area contributed by atoms with Crippen LogP contribution in [0.4, 0.5) is 5.95 Å². The molecule has 1 heterocycles. The van der Waals surface area contributed by atoms with Crippen LogP contribution in [0.25, 0.3) is 0 Å². The van der Waals surface area contributed by atoms with Crippen LogP contribution in [0.2, 0.25) is 5.15 Å². The van der Waals surface area contributed by atoms with Gasteiger partial charge in [0.15, 0.2) is 0 Å². The van der Waals surface area contributed by atoms with E-state index < -0.39 is 0 Å². The summed E-state index contributed by atoms with van der Waals surface area (Å²) in [6.07, 6.45) is 0.0587. The predicted octanol–water partition coefficient (Wildman–Crippen LogP) is 1.46. The number of nitrogens with zero attached hydrogens (tertiary/aromatic N) is 2. The number of halogens is 1. The first-order chi connectivity index (χ1) is 6.61. The molecule has 0 aromatic carbocycles. The highest BCUT2D eigenvalue weighted by molar-refractivity contribution is 6.29. The van der Waals surface area contributed by atoms with Crippen LogP contribution in [0.1, 0.15) is 13.8 Å². The zero-order chi connectivity index (χ0) is 10.6. The van der Waals surface area contributed by atoms with E-state index in [0.29, 0.717) is 17.0 Å². The van der Waals surface area contributed by atoms with Crippen molar-refractivity contribution in [2.45, 2.75) is 20.0 Å². The summed E-state index contributed by atoms with van der Waals surface area (Å²) in [5.74, 6) is 0.841. The number of ether oxygens (including phenoxy) is 1. The lowest BCUT2D eigenvalue weighted by atomic mass is 10.5. The van der Waals surface area contributed by atoms with Crippen molar-refractivity contribution in [1.29, 1.82) is 0 Å². The largest absolute Gasteiger partial charge is 0.475 e. The van der Waals surface area contributed by atoms with Crippen molar-refractivity contribution < 1.29 is 4.74 Å². The van der Waals surface area contributed by atoms with Crippen LogP contribution < -0.4 is 15.6 Å². The fourth-order valence-electron chi connectivity index (χ4n) is 0.867. The molecular formula is C8H13ClN4O. The molecule has 0 fully saturated rings. The number of hydrogen-bond donors (Lipinski definition) is 2. The van der Waals surface area contributed by atoms with Crippen LogP contribution in [0.15, 0.2) is 6.07 Å². The van der Waals surface area contributed by atoms with Gasteiger partial charge in [-0.2, -0.15) is 9.97 Å². The van der Waals surface area contributed by atoms with E-state index >= 15 is 0 Å². The topological polar surface area (TPSA) is 59.1 Å². The van der Waals surface area contributed by atoms with E-state index in [1.807, 2.05) is 13.8 Å². The second-order valence-corrected chi connectivity index (χ2v) is 3.28. The lowest BCUT2D eigenvalue weighted by molar-refractivity contribution is 0.232. The van der Waals surface area contributed by atoms with E-state index in [1.165, 1.54) is 0 Å². The first-order valence-corrected chi connectivity index (χ1v) is 4.63. The summed E-state index contributed by atoms with van der Waals surface area (Å²) in [6.45, 7) is 3.84. The van der Waals surface area contributed by atoms with Crippen LogP contribution in [0, 0.1) is 0 Å². The Bertz CT molecular complexity index is 305. The van der Waals surface area contributed by atoms with Gasteiger partial charge in [0.2, 0.25) is 11.8 Å². The molecule has 6 heteroatoms. The minimum Gasteiger partial charge on any atom is -0.475 e. The highest BCUT2D eigenvalue weighted by Gasteiger charge is 2.04. The quantitative estimate of drug-likeness (QED) is 0.590. The van der Waals surface area contributed by atoms with E-state index in [0.717, 1.165) is 0 Å². The smallest absolute Gasteiger partial charge is 0.242 e. The molecule has 0 atom stereocenters. The second kappa shape index (κ2) is 4.97. The minimum absolute atomic E-state index is 0.0587. The maximum Gasteiger partial charge on any atom is 0.242 e.